The monoisotopic (exact) mass is 233 g/mol. The summed E-state index contributed by atoms with van der Waals surface area (Å²) in [5, 5.41) is 26.9. The summed E-state index contributed by atoms with van der Waals surface area (Å²) in [6.45, 7) is 1.94. The highest BCUT2D eigenvalue weighted by Gasteiger charge is 2.21. The first-order chi connectivity index (χ1) is 8.71. The van der Waals surface area contributed by atoms with Gasteiger partial charge >= 0.3 is 0 Å². The number of aryl methyl sites for hydroxylation is 1. The van der Waals surface area contributed by atoms with Gasteiger partial charge in [-0.05, 0) is 6.92 Å². The molecule has 0 aliphatic carbocycles. The molecule has 0 spiro atoms. The molecule has 0 aliphatic heterocycles. The van der Waals surface area contributed by atoms with Gasteiger partial charge in [0.2, 0.25) is 5.76 Å². The maximum absolute atomic E-state index is 9.08. The SMILES string of the molecule is Cc1ccc(-c2oc(C#N)c(C#N)c2C#N)cc1. The van der Waals surface area contributed by atoms with Gasteiger partial charge in [0, 0.05) is 5.56 Å². The lowest BCUT2D eigenvalue weighted by molar-refractivity contribution is 0.566. The normalized spacial score (nSPS) is 9.22. The van der Waals surface area contributed by atoms with Crippen molar-refractivity contribution >= 4 is 0 Å². The molecule has 0 fully saturated rings. The number of rotatable bonds is 1. The van der Waals surface area contributed by atoms with Crippen molar-refractivity contribution in [3.05, 3.63) is 46.7 Å². The summed E-state index contributed by atoms with van der Waals surface area (Å²) in [6, 6.07) is 12.8. The summed E-state index contributed by atoms with van der Waals surface area (Å²) in [4.78, 5) is 0. The van der Waals surface area contributed by atoms with Crippen molar-refractivity contribution in [2.45, 2.75) is 6.92 Å². The Bertz CT molecular complexity index is 719. The molecule has 0 aliphatic rings. The molecule has 4 heteroatoms. The van der Waals surface area contributed by atoms with Crippen LogP contribution in [0.3, 0.4) is 0 Å². The van der Waals surface area contributed by atoms with Crippen molar-refractivity contribution in [3.63, 3.8) is 0 Å². The molecule has 1 heterocycles. The van der Waals surface area contributed by atoms with E-state index in [4.69, 9.17) is 20.2 Å². The Morgan fingerprint density at radius 2 is 1.50 bits per heavy atom. The fourth-order valence-corrected chi connectivity index (χ4v) is 1.63. The zero-order chi connectivity index (χ0) is 13.1. The molecule has 1 aromatic carbocycles. The highest BCUT2D eigenvalue weighted by molar-refractivity contribution is 5.71. The van der Waals surface area contributed by atoms with Crippen molar-refractivity contribution in [3.8, 4) is 29.5 Å². The van der Waals surface area contributed by atoms with E-state index >= 15 is 0 Å². The quantitative estimate of drug-likeness (QED) is 0.757. The second kappa shape index (κ2) is 4.45. The van der Waals surface area contributed by atoms with Crippen LogP contribution in [0, 0.1) is 40.9 Å². The molecule has 4 nitrogen and oxygen atoms in total. The van der Waals surface area contributed by atoms with Gasteiger partial charge in [0.1, 0.15) is 29.3 Å². The molecular formula is C14H7N3O. The van der Waals surface area contributed by atoms with E-state index in [2.05, 4.69) is 0 Å². The first-order valence-corrected chi connectivity index (χ1v) is 5.15. The molecule has 2 rings (SSSR count). The van der Waals surface area contributed by atoms with Gasteiger partial charge in [-0.1, -0.05) is 29.8 Å². The van der Waals surface area contributed by atoms with Crippen LogP contribution in [0.15, 0.2) is 28.7 Å². The van der Waals surface area contributed by atoms with Crippen LogP contribution in [0.2, 0.25) is 0 Å². The standard InChI is InChI=1S/C14H7N3O/c1-9-2-4-10(5-3-9)14-12(7-16)11(6-15)13(8-17)18-14/h2-5H,1H3. The fourth-order valence-electron chi connectivity index (χ4n) is 1.63. The van der Waals surface area contributed by atoms with Gasteiger partial charge in [0.05, 0.1) is 0 Å². The second-order valence-corrected chi connectivity index (χ2v) is 3.71. The molecule has 18 heavy (non-hydrogen) atoms. The molecule has 0 N–H and O–H groups in total. The Labute approximate surface area is 104 Å². The maximum atomic E-state index is 9.08. The van der Waals surface area contributed by atoms with Crippen LogP contribution in [-0.2, 0) is 0 Å². The average Bonchev–Trinajstić information content (AvgIpc) is 2.77. The van der Waals surface area contributed by atoms with Crippen LogP contribution in [-0.4, -0.2) is 0 Å². The number of hydrogen-bond acceptors (Lipinski definition) is 4. The van der Waals surface area contributed by atoms with Crippen molar-refractivity contribution in [1.82, 2.24) is 0 Å². The third-order valence-electron chi connectivity index (χ3n) is 2.55. The third kappa shape index (κ3) is 1.71. The van der Waals surface area contributed by atoms with E-state index in [0.29, 0.717) is 5.56 Å². The predicted molar refractivity (Wildman–Crippen MR) is 63.0 cm³/mol. The number of furan rings is 1. The average molecular weight is 233 g/mol. The van der Waals surface area contributed by atoms with E-state index in [9.17, 15) is 0 Å². The Balaban J connectivity index is 2.71. The van der Waals surface area contributed by atoms with Crippen LogP contribution in [0.4, 0.5) is 0 Å². The molecule has 0 bridgehead atoms. The smallest absolute Gasteiger partial charge is 0.223 e. The zero-order valence-corrected chi connectivity index (χ0v) is 9.56. The van der Waals surface area contributed by atoms with Crippen molar-refractivity contribution in [1.29, 1.82) is 15.8 Å². The maximum Gasteiger partial charge on any atom is 0.223 e. The molecule has 0 saturated heterocycles. The molecule has 0 radical (unpaired) electrons. The molecule has 84 valence electrons. The minimum absolute atomic E-state index is 0.00410. The van der Waals surface area contributed by atoms with Gasteiger partial charge in [0.15, 0.2) is 5.76 Å². The van der Waals surface area contributed by atoms with Crippen LogP contribution in [0.25, 0.3) is 11.3 Å². The summed E-state index contributed by atoms with van der Waals surface area (Å²) in [7, 11) is 0. The lowest BCUT2D eigenvalue weighted by Crippen LogP contribution is -1.82. The number of nitriles is 3. The number of nitrogens with zero attached hydrogens (tertiary/aromatic N) is 3. The molecule has 2 aromatic rings. The lowest BCUT2D eigenvalue weighted by Gasteiger charge is -1.98. The third-order valence-corrected chi connectivity index (χ3v) is 2.55. The van der Waals surface area contributed by atoms with Crippen LogP contribution in [0.1, 0.15) is 22.5 Å². The molecule has 0 atom stereocenters. The van der Waals surface area contributed by atoms with Gasteiger partial charge < -0.3 is 4.42 Å². The van der Waals surface area contributed by atoms with Crippen LogP contribution >= 0.6 is 0 Å². The number of benzene rings is 1. The van der Waals surface area contributed by atoms with Gasteiger partial charge in [-0.2, -0.15) is 15.8 Å². The molecule has 0 unspecified atom stereocenters. The van der Waals surface area contributed by atoms with Crippen molar-refractivity contribution < 1.29 is 4.42 Å². The van der Waals surface area contributed by atoms with E-state index in [1.54, 1.807) is 18.2 Å². The largest absolute Gasteiger partial charge is 0.443 e. The summed E-state index contributed by atoms with van der Waals surface area (Å²) >= 11 is 0. The van der Waals surface area contributed by atoms with E-state index in [1.807, 2.05) is 31.2 Å². The van der Waals surface area contributed by atoms with Gasteiger partial charge in [-0.3, -0.25) is 0 Å². The highest BCUT2D eigenvalue weighted by atomic mass is 16.3. The topological polar surface area (TPSA) is 84.5 Å². The van der Waals surface area contributed by atoms with Gasteiger partial charge in [-0.15, -0.1) is 0 Å². The van der Waals surface area contributed by atoms with Gasteiger partial charge in [0.25, 0.3) is 0 Å². The minimum atomic E-state index is -0.121. The van der Waals surface area contributed by atoms with E-state index < -0.39 is 0 Å². The zero-order valence-electron chi connectivity index (χ0n) is 9.56. The van der Waals surface area contributed by atoms with E-state index in [1.165, 1.54) is 0 Å². The highest BCUT2D eigenvalue weighted by Crippen LogP contribution is 2.30. The fraction of sp³-hybridized carbons (Fsp3) is 0.0714. The Morgan fingerprint density at radius 3 is 2.00 bits per heavy atom. The van der Waals surface area contributed by atoms with Crippen LogP contribution < -0.4 is 0 Å². The Hall–Kier alpha value is -3.03. The summed E-state index contributed by atoms with van der Waals surface area (Å²) in [5.41, 5.74) is 1.86. The summed E-state index contributed by atoms with van der Waals surface area (Å²) in [6.07, 6.45) is 0. The second-order valence-electron chi connectivity index (χ2n) is 3.71. The predicted octanol–water partition coefficient (Wildman–Crippen LogP) is 2.87. The molecular weight excluding hydrogens is 226 g/mol. The molecule has 0 saturated carbocycles. The van der Waals surface area contributed by atoms with E-state index in [0.717, 1.165) is 5.56 Å². The molecule has 1 aromatic heterocycles. The van der Waals surface area contributed by atoms with Gasteiger partial charge in [-0.25, -0.2) is 0 Å². The minimum Gasteiger partial charge on any atom is -0.443 e. The lowest BCUT2D eigenvalue weighted by atomic mass is 10.0. The Morgan fingerprint density at radius 1 is 0.889 bits per heavy atom. The van der Waals surface area contributed by atoms with Crippen LogP contribution in [0.5, 0.6) is 0 Å². The van der Waals surface area contributed by atoms with Crippen molar-refractivity contribution in [2.75, 3.05) is 0 Å². The summed E-state index contributed by atoms with van der Waals surface area (Å²) in [5.74, 6) is 0.148. The first-order valence-electron chi connectivity index (χ1n) is 5.15. The summed E-state index contributed by atoms with van der Waals surface area (Å²) < 4.78 is 5.30. The van der Waals surface area contributed by atoms with E-state index in [-0.39, 0.29) is 22.6 Å². The Kier molecular flexibility index (Phi) is 2.83. The van der Waals surface area contributed by atoms with Crippen molar-refractivity contribution in [2.24, 2.45) is 0 Å². The molecule has 0 amide bonds. The first kappa shape index (κ1) is 11.5. The number of hydrogen-bond donors (Lipinski definition) is 0.